The number of carbonyl (C=O) groups excluding carboxylic acids is 2. The van der Waals surface area contributed by atoms with Gasteiger partial charge < -0.3 is 15.1 Å². The molecule has 2 aromatic carbocycles. The van der Waals surface area contributed by atoms with E-state index in [0.29, 0.717) is 28.1 Å². The van der Waals surface area contributed by atoms with Crippen LogP contribution < -0.4 is 15.5 Å². The SMILES string of the molecule is CN1CCN(c2ccc(NC=C3C(=O)NC(=O)c4ccc(Br)cc43)cc2F)CC1. The summed E-state index contributed by atoms with van der Waals surface area (Å²) in [6.07, 6.45) is 1.50. The Labute approximate surface area is 176 Å². The maximum absolute atomic E-state index is 14.7. The van der Waals surface area contributed by atoms with Crippen molar-refractivity contribution in [2.24, 2.45) is 0 Å². The predicted molar refractivity (Wildman–Crippen MR) is 114 cm³/mol. The lowest BCUT2D eigenvalue weighted by atomic mass is 9.95. The first-order valence-electron chi connectivity index (χ1n) is 9.28. The number of fused-ring (bicyclic) bond motifs is 1. The molecule has 0 aliphatic carbocycles. The number of hydrogen-bond donors (Lipinski definition) is 2. The summed E-state index contributed by atoms with van der Waals surface area (Å²) in [5.41, 5.74) is 2.35. The molecule has 0 atom stereocenters. The van der Waals surface area contributed by atoms with Crippen LogP contribution in [0.2, 0.25) is 0 Å². The molecule has 0 radical (unpaired) electrons. The van der Waals surface area contributed by atoms with Crippen molar-refractivity contribution in [1.82, 2.24) is 10.2 Å². The molecule has 2 aliphatic heterocycles. The summed E-state index contributed by atoms with van der Waals surface area (Å²) in [5, 5.41) is 5.30. The van der Waals surface area contributed by atoms with Gasteiger partial charge >= 0.3 is 0 Å². The number of carbonyl (C=O) groups is 2. The first-order valence-corrected chi connectivity index (χ1v) is 10.1. The Morgan fingerprint density at radius 2 is 1.79 bits per heavy atom. The van der Waals surface area contributed by atoms with Crippen molar-refractivity contribution in [2.75, 3.05) is 43.4 Å². The van der Waals surface area contributed by atoms with Crippen LogP contribution in [0.25, 0.3) is 5.57 Å². The van der Waals surface area contributed by atoms with E-state index in [1.807, 2.05) is 4.90 Å². The van der Waals surface area contributed by atoms with Crippen molar-refractivity contribution in [3.8, 4) is 0 Å². The Bertz CT molecular complexity index is 1020. The number of imide groups is 1. The van der Waals surface area contributed by atoms with Crippen molar-refractivity contribution < 1.29 is 14.0 Å². The molecule has 29 heavy (non-hydrogen) atoms. The molecule has 0 unspecified atom stereocenters. The summed E-state index contributed by atoms with van der Waals surface area (Å²) in [6, 6.07) is 10.1. The molecule has 8 heteroatoms. The van der Waals surface area contributed by atoms with Gasteiger partial charge in [0.2, 0.25) is 0 Å². The number of nitrogens with one attached hydrogen (secondary N) is 2. The number of likely N-dealkylation sites (N-methyl/N-ethyl adjacent to an activating group) is 1. The van der Waals surface area contributed by atoms with E-state index in [4.69, 9.17) is 0 Å². The number of halogens is 2. The predicted octanol–water partition coefficient (Wildman–Crippen LogP) is 3.06. The average Bonchev–Trinajstić information content (AvgIpc) is 2.68. The molecule has 1 fully saturated rings. The quantitative estimate of drug-likeness (QED) is 0.546. The third-order valence-corrected chi connectivity index (χ3v) is 5.66. The molecular weight excluding hydrogens is 439 g/mol. The minimum atomic E-state index is -0.498. The van der Waals surface area contributed by atoms with Crippen LogP contribution in [0.15, 0.2) is 47.1 Å². The van der Waals surface area contributed by atoms with E-state index in [1.165, 1.54) is 12.3 Å². The number of amides is 2. The number of benzene rings is 2. The van der Waals surface area contributed by atoms with E-state index in [0.717, 1.165) is 30.7 Å². The molecule has 0 saturated carbocycles. The molecule has 4 rings (SSSR count). The summed E-state index contributed by atoms with van der Waals surface area (Å²) in [6.45, 7) is 3.36. The molecule has 0 spiro atoms. The van der Waals surface area contributed by atoms with Gasteiger partial charge in [0, 0.05) is 53.7 Å². The molecule has 6 nitrogen and oxygen atoms in total. The van der Waals surface area contributed by atoms with Gasteiger partial charge in [0.05, 0.1) is 11.3 Å². The van der Waals surface area contributed by atoms with Crippen molar-refractivity contribution in [3.63, 3.8) is 0 Å². The van der Waals surface area contributed by atoms with Crippen molar-refractivity contribution in [3.05, 3.63) is 64.0 Å². The molecule has 150 valence electrons. The number of nitrogens with zero attached hydrogens (tertiary/aromatic N) is 2. The molecule has 0 aromatic heterocycles. The van der Waals surface area contributed by atoms with Crippen LogP contribution in [0.4, 0.5) is 15.8 Å². The lowest BCUT2D eigenvalue weighted by Crippen LogP contribution is -2.44. The number of anilines is 2. The smallest absolute Gasteiger partial charge is 0.260 e. The zero-order chi connectivity index (χ0) is 20.5. The Hall–Kier alpha value is -2.71. The van der Waals surface area contributed by atoms with Crippen molar-refractivity contribution in [1.29, 1.82) is 0 Å². The zero-order valence-corrected chi connectivity index (χ0v) is 17.4. The van der Waals surface area contributed by atoms with Crippen molar-refractivity contribution in [2.45, 2.75) is 0 Å². The largest absolute Gasteiger partial charge is 0.367 e. The fraction of sp³-hybridized carbons (Fsp3) is 0.238. The second-order valence-corrected chi connectivity index (χ2v) is 8.05. The second-order valence-electron chi connectivity index (χ2n) is 7.13. The summed E-state index contributed by atoms with van der Waals surface area (Å²) in [4.78, 5) is 28.6. The van der Waals surface area contributed by atoms with Gasteiger partial charge in [-0.3, -0.25) is 14.9 Å². The van der Waals surface area contributed by atoms with E-state index in [1.54, 1.807) is 30.3 Å². The summed E-state index contributed by atoms with van der Waals surface area (Å²) >= 11 is 3.36. The van der Waals surface area contributed by atoms with E-state index >= 15 is 0 Å². The highest BCUT2D eigenvalue weighted by Crippen LogP contribution is 2.28. The Balaban J connectivity index is 1.57. The van der Waals surface area contributed by atoms with E-state index < -0.39 is 11.8 Å². The first kappa shape index (κ1) is 19.6. The van der Waals surface area contributed by atoms with Gasteiger partial charge in [-0.15, -0.1) is 0 Å². The maximum atomic E-state index is 14.7. The first-order chi connectivity index (χ1) is 13.9. The number of rotatable bonds is 3. The van der Waals surface area contributed by atoms with Crippen LogP contribution in [0.1, 0.15) is 15.9 Å². The summed E-state index contributed by atoms with van der Waals surface area (Å²) in [5.74, 6) is -1.25. The molecule has 2 aliphatic rings. The molecule has 1 saturated heterocycles. The molecule has 2 N–H and O–H groups in total. The van der Waals surface area contributed by atoms with E-state index in [2.05, 4.69) is 38.5 Å². The Morgan fingerprint density at radius 3 is 2.52 bits per heavy atom. The standard InChI is InChI=1S/C21H20BrFN4O2/c1-26-6-8-27(9-7-26)19-5-3-14(11-18(19)23)24-12-17-16-10-13(22)2-4-15(16)20(28)25-21(17)29/h2-5,10-12,24H,6-9H2,1H3,(H,25,28,29). The molecular formula is C21H20BrFN4O2. The summed E-state index contributed by atoms with van der Waals surface area (Å²) in [7, 11) is 2.06. The van der Waals surface area contributed by atoms with Crippen LogP contribution in [-0.2, 0) is 4.79 Å². The highest BCUT2D eigenvalue weighted by Gasteiger charge is 2.27. The van der Waals surface area contributed by atoms with Gasteiger partial charge in [0.15, 0.2) is 0 Å². The monoisotopic (exact) mass is 458 g/mol. The van der Waals surface area contributed by atoms with Crippen LogP contribution in [0.5, 0.6) is 0 Å². The molecule has 2 amide bonds. The minimum absolute atomic E-state index is 0.310. The minimum Gasteiger partial charge on any atom is -0.367 e. The maximum Gasteiger partial charge on any atom is 0.260 e. The van der Waals surface area contributed by atoms with Gasteiger partial charge in [0.1, 0.15) is 5.82 Å². The van der Waals surface area contributed by atoms with Crippen molar-refractivity contribution >= 4 is 44.7 Å². The van der Waals surface area contributed by atoms with Crippen LogP contribution >= 0.6 is 15.9 Å². The lowest BCUT2D eigenvalue weighted by Gasteiger charge is -2.34. The molecule has 0 bridgehead atoms. The van der Waals surface area contributed by atoms with Gasteiger partial charge in [-0.05, 0) is 43.4 Å². The fourth-order valence-corrected chi connectivity index (χ4v) is 3.86. The third kappa shape index (κ3) is 4.04. The lowest BCUT2D eigenvalue weighted by molar-refractivity contribution is -0.114. The van der Waals surface area contributed by atoms with Gasteiger partial charge in [0.25, 0.3) is 11.8 Å². The average molecular weight is 459 g/mol. The van der Waals surface area contributed by atoms with Crippen LogP contribution in [0, 0.1) is 5.82 Å². The normalized spacial score (nSPS) is 18.6. The van der Waals surface area contributed by atoms with E-state index in [9.17, 15) is 14.0 Å². The zero-order valence-electron chi connectivity index (χ0n) is 15.8. The van der Waals surface area contributed by atoms with Gasteiger partial charge in [-0.25, -0.2) is 4.39 Å². The highest BCUT2D eigenvalue weighted by molar-refractivity contribution is 9.10. The highest BCUT2D eigenvalue weighted by atomic mass is 79.9. The van der Waals surface area contributed by atoms with E-state index in [-0.39, 0.29) is 5.82 Å². The molecule has 2 aromatic rings. The van der Waals surface area contributed by atoms with Crippen LogP contribution in [-0.4, -0.2) is 49.9 Å². The molecule has 2 heterocycles. The Kier molecular flexibility index (Phi) is 5.38. The second kappa shape index (κ2) is 7.96. The number of hydrogen-bond acceptors (Lipinski definition) is 5. The third-order valence-electron chi connectivity index (χ3n) is 5.16. The Morgan fingerprint density at radius 1 is 1.03 bits per heavy atom. The van der Waals surface area contributed by atoms with Crippen LogP contribution in [0.3, 0.4) is 0 Å². The number of piperazine rings is 1. The van der Waals surface area contributed by atoms with Gasteiger partial charge in [-0.2, -0.15) is 0 Å². The van der Waals surface area contributed by atoms with Gasteiger partial charge in [-0.1, -0.05) is 15.9 Å². The fourth-order valence-electron chi connectivity index (χ4n) is 3.50. The topological polar surface area (TPSA) is 64.7 Å². The summed E-state index contributed by atoms with van der Waals surface area (Å²) < 4.78 is 15.4.